The van der Waals surface area contributed by atoms with Gasteiger partial charge in [-0.15, -0.1) is 0 Å². The van der Waals surface area contributed by atoms with E-state index in [0.717, 1.165) is 12.8 Å². The van der Waals surface area contributed by atoms with E-state index < -0.39 is 5.60 Å². The summed E-state index contributed by atoms with van der Waals surface area (Å²) in [6, 6.07) is 6.56. The van der Waals surface area contributed by atoms with Crippen LogP contribution in [0.2, 0.25) is 0 Å². The van der Waals surface area contributed by atoms with Crippen molar-refractivity contribution in [2.75, 3.05) is 13.1 Å². The Balaban J connectivity index is 1.71. The Morgan fingerprint density at radius 2 is 1.77 bits per heavy atom. The molecule has 0 bridgehead atoms. The normalized spacial score (nSPS) is 19.7. The van der Waals surface area contributed by atoms with E-state index in [0.29, 0.717) is 23.2 Å². The molecule has 1 aromatic rings. The summed E-state index contributed by atoms with van der Waals surface area (Å²) < 4.78 is 5.46. The molecule has 0 saturated carbocycles. The van der Waals surface area contributed by atoms with Gasteiger partial charge in [-0.1, -0.05) is 18.7 Å². The van der Waals surface area contributed by atoms with Crippen molar-refractivity contribution in [3.8, 4) is 0 Å². The number of amides is 3. The van der Waals surface area contributed by atoms with Crippen molar-refractivity contribution in [1.82, 2.24) is 9.80 Å². The first-order valence-electron chi connectivity index (χ1n) is 8.81. The smallest absolute Gasteiger partial charge is 0.410 e. The third-order valence-electron chi connectivity index (χ3n) is 4.59. The minimum Gasteiger partial charge on any atom is -0.444 e. The summed E-state index contributed by atoms with van der Waals surface area (Å²) in [5.74, 6) is -0.623. The Morgan fingerprint density at radius 3 is 2.31 bits per heavy atom. The molecule has 138 valence electrons. The molecular formula is C20H24N2O4. The predicted molar refractivity (Wildman–Crippen MR) is 96.9 cm³/mol. The summed E-state index contributed by atoms with van der Waals surface area (Å²) in [7, 11) is 0. The Morgan fingerprint density at radius 1 is 1.19 bits per heavy atom. The summed E-state index contributed by atoms with van der Waals surface area (Å²) in [4.78, 5) is 40.3. The van der Waals surface area contributed by atoms with Crippen molar-refractivity contribution in [3.63, 3.8) is 0 Å². The summed E-state index contributed by atoms with van der Waals surface area (Å²) in [6.45, 7) is 10.2. The molecular weight excluding hydrogens is 332 g/mol. The zero-order chi connectivity index (χ0) is 19.1. The summed E-state index contributed by atoms with van der Waals surface area (Å²) in [5, 5.41) is 0. The van der Waals surface area contributed by atoms with Gasteiger partial charge in [0.25, 0.3) is 11.8 Å². The number of benzene rings is 1. The van der Waals surface area contributed by atoms with Crippen LogP contribution in [0.1, 0.15) is 54.3 Å². The molecule has 0 radical (unpaired) electrons. The number of rotatable bonds is 3. The highest BCUT2D eigenvalue weighted by Gasteiger charge is 2.39. The molecule has 0 aromatic heterocycles. The molecule has 2 heterocycles. The van der Waals surface area contributed by atoms with Gasteiger partial charge in [0.1, 0.15) is 5.60 Å². The van der Waals surface area contributed by atoms with Crippen LogP contribution >= 0.6 is 0 Å². The lowest BCUT2D eigenvalue weighted by Gasteiger charge is -2.30. The number of carbonyl (C=O) groups is 3. The van der Waals surface area contributed by atoms with Gasteiger partial charge in [-0.25, -0.2) is 4.79 Å². The van der Waals surface area contributed by atoms with Crippen molar-refractivity contribution in [2.45, 2.75) is 45.3 Å². The number of imide groups is 1. The van der Waals surface area contributed by atoms with Crippen molar-refractivity contribution in [2.24, 2.45) is 0 Å². The Kier molecular flexibility index (Phi) is 4.61. The second-order valence-corrected chi connectivity index (χ2v) is 7.73. The molecule has 1 fully saturated rings. The van der Waals surface area contributed by atoms with Crippen molar-refractivity contribution in [3.05, 3.63) is 47.5 Å². The molecule has 2 aliphatic heterocycles. The standard InChI is InChI=1S/C20H24N2O4/c1-13(16-10-7-11-21(16)19(25)26-20(2,3)4)12-22-17(23)14-8-5-6-9-15(14)18(22)24/h5-6,8-9,16H,1,7,10-12H2,2-4H3. The summed E-state index contributed by atoms with van der Waals surface area (Å²) in [5.41, 5.74) is 0.929. The molecule has 3 rings (SSSR count). The van der Waals surface area contributed by atoms with Crippen LogP contribution in [0.3, 0.4) is 0 Å². The maximum Gasteiger partial charge on any atom is 0.410 e. The van der Waals surface area contributed by atoms with E-state index in [4.69, 9.17) is 4.74 Å². The number of ether oxygens (including phenoxy) is 1. The molecule has 0 spiro atoms. The maximum absolute atomic E-state index is 12.5. The van der Waals surface area contributed by atoms with Crippen molar-refractivity contribution < 1.29 is 19.1 Å². The van der Waals surface area contributed by atoms with Crippen LogP contribution in [-0.4, -0.2) is 52.4 Å². The van der Waals surface area contributed by atoms with Crippen LogP contribution in [0, 0.1) is 0 Å². The quantitative estimate of drug-likeness (QED) is 0.616. The number of nitrogens with zero attached hydrogens (tertiary/aromatic N) is 2. The van der Waals surface area contributed by atoms with Gasteiger partial charge in [0.15, 0.2) is 0 Å². The molecule has 1 atom stereocenters. The van der Waals surface area contributed by atoms with Gasteiger partial charge in [0.05, 0.1) is 23.7 Å². The monoisotopic (exact) mass is 356 g/mol. The van der Waals surface area contributed by atoms with Crippen LogP contribution in [0.5, 0.6) is 0 Å². The summed E-state index contributed by atoms with van der Waals surface area (Å²) in [6.07, 6.45) is 1.20. The number of hydrogen-bond acceptors (Lipinski definition) is 4. The SMILES string of the molecule is C=C(CN1C(=O)c2ccccc2C1=O)C1CCCN1C(=O)OC(C)(C)C. The van der Waals surface area contributed by atoms with Gasteiger partial charge >= 0.3 is 6.09 Å². The molecule has 6 heteroatoms. The largest absolute Gasteiger partial charge is 0.444 e. The van der Waals surface area contributed by atoms with Gasteiger partial charge in [-0.2, -0.15) is 0 Å². The molecule has 1 unspecified atom stereocenters. The minimum absolute atomic E-state index is 0.107. The molecule has 1 aromatic carbocycles. The number of carbonyl (C=O) groups excluding carboxylic acids is 3. The van der Waals surface area contributed by atoms with E-state index in [1.165, 1.54) is 4.90 Å². The lowest BCUT2D eigenvalue weighted by Crippen LogP contribution is -2.43. The third-order valence-corrected chi connectivity index (χ3v) is 4.59. The first-order chi connectivity index (χ1) is 12.2. The second-order valence-electron chi connectivity index (χ2n) is 7.73. The third kappa shape index (κ3) is 3.36. The molecule has 0 aliphatic carbocycles. The van der Waals surface area contributed by atoms with E-state index in [1.54, 1.807) is 29.2 Å². The average molecular weight is 356 g/mol. The topological polar surface area (TPSA) is 66.9 Å². The zero-order valence-corrected chi connectivity index (χ0v) is 15.4. The Bertz CT molecular complexity index is 743. The molecule has 6 nitrogen and oxygen atoms in total. The highest BCUT2D eigenvalue weighted by molar-refractivity contribution is 6.21. The van der Waals surface area contributed by atoms with Crippen LogP contribution in [0.15, 0.2) is 36.4 Å². The van der Waals surface area contributed by atoms with E-state index in [1.807, 2.05) is 20.8 Å². The summed E-state index contributed by atoms with van der Waals surface area (Å²) >= 11 is 0. The second kappa shape index (κ2) is 6.59. The van der Waals surface area contributed by atoms with Gasteiger partial charge in [0.2, 0.25) is 0 Å². The van der Waals surface area contributed by atoms with Crippen molar-refractivity contribution >= 4 is 17.9 Å². The van der Waals surface area contributed by atoms with Gasteiger partial charge in [-0.05, 0) is 51.3 Å². The molecule has 2 aliphatic rings. The number of likely N-dealkylation sites (tertiary alicyclic amines) is 1. The molecule has 3 amide bonds. The Hall–Kier alpha value is -2.63. The average Bonchev–Trinajstić information content (AvgIpc) is 3.14. The van der Waals surface area contributed by atoms with Crippen LogP contribution in [-0.2, 0) is 4.74 Å². The fourth-order valence-corrected chi connectivity index (χ4v) is 3.42. The Labute approximate surface area is 153 Å². The van der Waals surface area contributed by atoms with E-state index in [9.17, 15) is 14.4 Å². The fourth-order valence-electron chi connectivity index (χ4n) is 3.42. The lowest BCUT2D eigenvalue weighted by atomic mass is 10.1. The van der Waals surface area contributed by atoms with E-state index >= 15 is 0 Å². The number of fused-ring (bicyclic) bond motifs is 1. The first-order valence-corrected chi connectivity index (χ1v) is 8.81. The van der Waals surface area contributed by atoms with E-state index in [2.05, 4.69) is 6.58 Å². The van der Waals surface area contributed by atoms with Gasteiger partial charge < -0.3 is 9.64 Å². The molecule has 1 saturated heterocycles. The highest BCUT2D eigenvalue weighted by atomic mass is 16.6. The molecule has 26 heavy (non-hydrogen) atoms. The predicted octanol–water partition coefficient (Wildman–Crippen LogP) is 3.24. The van der Waals surface area contributed by atoms with Gasteiger partial charge in [0, 0.05) is 6.54 Å². The van der Waals surface area contributed by atoms with Crippen LogP contribution < -0.4 is 0 Å². The van der Waals surface area contributed by atoms with Crippen LogP contribution in [0.25, 0.3) is 0 Å². The van der Waals surface area contributed by atoms with Crippen LogP contribution in [0.4, 0.5) is 4.79 Å². The van der Waals surface area contributed by atoms with E-state index in [-0.39, 0.29) is 30.5 Å². The minimum atomic E-state index is -0.575. The lowest BCUT2D eigenvalue weighted by molar-refractivity contribution is 0.0246. The van der Waals surface area contributed by atoms with Gasteiger partial charge in [-0.3, -0.25) is 14.5 Å². The number of hydrogen-bond donors (Lipinski definition) is 0. The molecule has 0 N–H and O–H groups in total. The highest BCUT2D eigenvalue weighted by Crippen LogP contribution is 2.28. The maximum atomic E-state index is 12.5. The zero-order valence-electron chi connectivity index (χ0n) is 15.4. The van der Waals surface area contributed by atoms with Crippen molar-refractivity contribution in [1.29, 1.82) is 0 Å². The first kappa shape index (κ1) is 18.2. The fraction of sp³-hybridized carbons (Fsp3) is 0.450.